The fourth-order valence-corrected chi connectivity index (χ4v) is 5.12. The number of para-hydroxylation sites is 1. The number of nitrogens with one attached hydrogen (secondary N) is 2. The van der Waals surface area contributed by atoms with Gasteiger partial charge in [0.15, 0.2) is 29.1 Å². The van der Waals surface area contributed by atoms with Crippen molar-refractivity contribution in [3.8, 4) is 0 Å². The highest BCUT2D eigenvalue weighted by molar-refractivity contribution is 6.07. The number of hydrogen-bond acceptors (Lipinski definition) is 4. The van der Waals surface area contributed by atoms with Crippen molar-refractivity contribution in [2.24, 2.45) is 5.92 Å². The summed E-state index contributed by atoms with van der Waals surface area (Å²) in [6, 6.07) is 7.45. The van der Waals surface area contributed by atoms with Crippen molar-refractivity contribution in [1.82, 2.24) is 19.9 Å². The monoisotopic (exact) mass is 555 g/mol. The maximum atomic E-state index is 15.5. The predicted octanol–water partition coefficient (Wildman–Crippen LogP) is 7.63. The van der Waals surface area contributed by atoms with Gasteiger partial charge in [0, 0.05) is 35.0 Å². The van der Waals surface area contributed by atoms with E-state index in [1.54, 1.807) is 4.57 Å². The topological polar surface area (TPSA) is 54.8 Å². The molecule has 0 unspecified atom stereocenters. The Labute approximate surface area is 232 Å². The Balaban J connectivity index is 1.62. The van der Waals surface area contributed by atoms with Crippen LogP contribution in [0.1, 0.15) is 76.8 Å². The summed E-state index contributed by atoms with van der Waals surface area (Å²) in [5.41, 5.74) is 0.258. The number of pyridine rings is 1. The number of nitrogens with zero attached hydrogens (tertiary/aromatic N) is 3. The summed E-state index contributed by atoms with van der Waals surface area (Å²) in [4.78, 5) is 9.66. The second-order valence-electron chi connectivity index (χ2n) is 11.9. The van der Waals surface area contributed by atoms with Crippen molar-refractivity contribution in [1.29, 1.82) is 0 Å². The van der Waals surface area contributed by atoms with Crippen LogP contribution in [0, 0.1) is 29.2 Å². The van der Waals surface area contributed by atoms with E-state index in [-0.39, 0.29) is 12.1 Å². The van der Waals surface area contributed by atoms with Gasteiger partial charge >= 0.3 is 0 Å². The molecule has 1 fully saturated rings. The minimum Gasteiger partial charge on any atom is -0.364 e. The van der Waals surface area contributed by atoms with E-state index in [0.717, 1.165) is 37.5 Å². The average molecular weight is 556 g/mol. The molecule has 1 aliphatic carbocycles. The highest BCUT2D eigenvalue weighted by Gasteiger charge is 2.28. The lowest BCUT2D eigenvalue weighted by atomic mass is 10.1. The van der Waals surface area contributed by atoms with Gasteiger partial charge in [-0.25, -0.2) is 27.5 Å². The minimum absolute atomic E-state index is 0.271. The summed E-state index contributed by atoms with van der Waals surface area (Å²) in [7, 11) is 0. The zero-order chi connectivity index (χ0) is 28.6. The molecule has 2 N–H and O–H groups in total. The summed E-state index contributed by atoms with van der Waals surface area (Å²) < 4.78 is 63.0. The second kappa shape index (κ2) is 11.4. The number of imidazole rings is 1. The molecule has 0 saturated heterocycles. The van der Waals surface area contributed by atoms with E-state index in [9.17, 15) is 0 Å². The third-order valence-electron chi connectivity index (χ3n) is 7.40. The van der Waals surface area contributed by atoms with Gasteiger partial charge in [-0.15, -0.1) is 0 Å². The van der Waals surface area contributed by atoms with Gasteiger partial charge in [0.1, 0.15) is 11.3 Å². The zero-order valence-electron chi connectivity index (χ0n) is 23.6. The van der Waals surface area contributed by atoms with Gasteiger partial charge in [-0.05, 0) is 52.1 Å². The summed E-state index contributed by atoms with van der Waals surface area (Å²) >= 11 is 0. The number of fused-ring (bicyclic) bond motifs is 3. The van der Waals surface area contributed by atoms with Crippen LogP contribution >= 0.6 is 0 Å². The fourth-order valence-electron chi connectivity index (χ4n) is 5.12. The van der Waals surface area contributed by atoms with E-state index in [1.165, 1.54) is 0 Å². The first kappa shape index (κ1) is 28.3. The van der Waals surface area contributed by atoms with Gasteiger partial charge in [-0.2, -0.15) is 0 Å². The number of aryl methyl sites for hydroxylation is 1. The molecule has 1 aliphatic rings. The van der Waals surface area contributed by atoms with Gasteiger partial charge in [0.25, 0.3) is 0 Å². The molecule has 0 radical (unpaired) electrons. The number of anilines is 1. The quantitative estimate of drug-likeness (QED) is 0.114. The van der Waals surface area contributed by atoms with Crippen LogP contribution in [0.25, 0.3) is 21.9 Å². The van der Waals surface area contributed by atoms with Crippen molar-refractivity contribution in [2.45, 2.75) is 84.8 Å². The van der Waals surface area contributed by atoms with Crippen LogP contribution in [0.2, 0.25) is 0 Å². The van der Waals surface area contributed by atoms with E-state index >= 15 is 17.6 Å². The lowest BCUT2D eigenvalue weighted by molar-refractivity contribution is 0.415. The Kier molecular flexibility index (Phi) is 8.04. The maximum absolute atomic E-state index is 15.5. The first-order valence-electron chi connectivity index (χ1n) is 14.2. The van der Waals surface area contributed by atoms with Gasteiger partial charge < -0.3 is 15.2 Å². The molecule has 1 saturated carbocycles. The highest BCUT2D eigenvalue weighted by Crippen LogP contribution is 2.34. The predicted molar refractivity (Wildman–Crippen MR) is 151 cm³/mol. The Morgan fingerprint density at radius 1 is 0.950 bits per heavy atom. The molecule has 40 heavy (non-hydrogen) atoms. The standard InChI is InChI=1S/C31H37F4N5/c1-5-6-11-23-38-28-29(19-9-7-8-10-22(19)37-30(28)39-31(2,3)4)40(23)17-21-26(34)24(32)20(25(33)27(21)35)16-36-15-14-18-12-13-18/h7-10,18,36H,5-6,11-17H2,1-4H3,(H,37,39). The number of halogens is 4. The Morgan fingerprint density at radius 2 is 1.62 bits per heavy atom. The molecule has 0 amide bonds. The van der Waals surface area contributed by atoms with Crippen LogP contribution in [0.5, 0.6) is 0 Å². The van der Waals surface area contributed by atoms with Crippen LogP contribution < -0.4 is 10.6 Å². The van der Waals surface area contributed by atoms with Gasteiger partial charge in [-0.1, -0.05) is 44.4 Å². The minimum atomic E-state index is -1.37. The Hall–Kier alpha value is -3.20. The largest absolute Gasteiger partial charge is 0.364 e. The fraction of sp³-hybridized carbons (Fsp3) is 0.484. The Morgan fingerprint density at radius 3 is 2.27 bits per heavy atom. The van der Waals surface area contributed by atoms with Gasteiger partial charge in [0.2, 0.25) is 0 Å². The molecule has 0 spiro atoms. The molecule has 9 heteroatoms. The summed E-state index contributed by atoms with van der Waals surface area (Å²) in [5.74, 6) is -3.68. The summed E-state index contributed by atoms with van der Waals surface area (Å²) in [6.07, 6.45) is 5.40. The van der Waals surface area contributed by atoms with E-state index in [0.29, 0.717) is 47.1 Å². The van der Waals surface area contributed by atoms with Gasteiger partial charge in [-0.3, -0.25) is 0 Å². The van der Waals surface area contributed by atoms with E-state index < -0.39 is 40.9 Å². The average Bonchev–Trinajstić information content (AvgIpc) is 3.67. The number of aromatic nitrogens is 3. The third kappa shape index (κ3) is 5.80. The number of rotatable bonds is 11. The third-order valence-corrected chi connectivity index (χ3v) is 7.40. The molecule has 0 aliphatic heterocycles. The SMILES string of the molecule is CCCCc1nc2c(NC(C)(C)C)nc3ccccc3c2n1Cc1c(F)c(F)c(CNCCC2CC2)c(F)c1F. The van der Waals surface area contributed by atoms with Gasteiger partial charge in [0.05, 0.1) is 17.6 Å². The van der Waals surface area contributed by atoms with Crippen molar-refractivity contribution >= 4 is 27.8 Å². The summed E-state index contributed by atoms with van der Waals surface area (Å²) in [6.45, 7) is 7.92. The molecule has 2 heterocycles. The van der Waals surface area contributed by atoms with Crippen molar-refractivity contribution in [3.63, 3.8) is 0 Å². The molecule has 0 atom stereocenters. The molecule has 2 aromatic heterocycles. The molecule has 0 bridgehead atoms. The molecule has 5 nitrogen and oxygen atoms in total. The van der Waals surface area contributed by atoms with Crippen molar-refractivity contribution in [3.05, 3.63) is 64.5 Å². The van der Waals surface area contributed by atoms with Crippen molar-refractivity contribution in [2.75, 3.05) is 11.9 Å². The second-order valence-corrected chi connectivity index (χ2v) is 11.9. The lowest BCUT2D eigenvalue weighted by Gasteiger charge is -2.22. The van der Waals surface area contributed by atoms with Crippen LogP contribution in [-0.4, -0.2) is 26.6 Å². The highest BCUT2D eigenvalue weighted by atomic mass is 19.2. The van der Waals surface area contributed by atoms with E-state index in [4.69, 9.17) is 9.97 Å². The van der Waals surface area contributed by atoms with E-state index in [1.807, 2.05) is 52.0 Å². The van der Waals surface area contributed by atoms with E-state index in [2.05, 4.69) is 10.6 Å². The van der Waals surface area contributed by atoms with Crippen LogP contribution in [0.4, 0.5) is 23.4 Å². The molecule has 2 aromatic carbocycles. The van der Waals surface area contributed by atoms with Crippen LogP contribution in [-0.2, 0) is 19.5 Å². The molecular weight excluding hydrogens is 518 g/mol. The number of unbranched alkanes of at least 4 members (excludes halogenated alkanes) is 1. The lowest BCUT2D eigenvalue weighted by Crippen LogP contribution is -2.26. The first-order chi connectivity index (χ1) is 19.1. The van der Waals surface area contributed by atoms with Crippen molar-refractivity contribution < 1.29 is 17.6 Å². The number of benzene rings is 2. The molecule has 5 rings (SSSR count). The summed E-state index contributed by atoms with van der Waals surface area (Å²) in [5, 5.41) is 7.07. The molecule has 4 aromatic rings. The number of hydrogen-bond donors (Lipinski definition) is 2. The molecular formula is C31H37F4N5. The normalized spacial score (nSPS) is 14.0. The first-order valence-corrected chi connectivity index (χ1v) is 14.2. The Bertz CT molecular complexity index is 1510. The van der Waals surface area contributed by atoms with Crippen LogP contribution in [0.15, 0.2) is 24.3 Å². The molecule has 214 valence electrons. The zero-order valence-corrected chi connectivity index (χ0v) is 23.6. The van der Waals surface area contributed by atoms with Crippen LogP contribution in [0.3, 0.4) is 0 Å². The smallest absolute Gasteiger partial charge is 0.167 e. The maximum Gasteiger partial charge on any atom is 0.167 e.